The lowest BCUT2D eigenvalue weighted by Gasteiger charge is -2.07. The second kappa shape index (κ2) is 6.62. The van der Waals surface area contributed by atoms with Crippen molar-refractivity contribution >= 4 is 21.9 Å². The van der Waals surface area contributed by atoms with Crippen LogP contribution in [-0.2, 0) is 21.3 Å². The van der Waals surface area contributed by atoms with Gasteiger partial charge in [0, 0.05) is 18.2 Å². The van der Waals surface area contributed by atoms with Crippen LogP contribution < -0.4 is 0 Å². The minimum absolute atomic E-state index is 0.133. The summed E-state index contributed by atoms with van der Waals surface area (Å²) in [4.78, 5) is 10.9. The molecule has 0 fully saturated rings. The van der Waals surface area contributed by atoms with Crippen molar-refractivity contribution in [3.05, 3.63) is 35.4 Å². The summed E-state index contributed by atoms with van der Waals surface area (Å²) in [5.41, 5.74) is 2.49. The Balaban J connectivity index is 2.46. The van der Waals surface area contributed by atoms with Crippen LogP contribution in [0, 0.1) is 0 Å². The van der Waals surface area contributed by atoms with Crippen LogP contribution in [0.4, 0.5) is 0 Å². The van der Waals surface area contributed by atoms with Crippen molar-refractivity contribution in [1.82, 2.24) is 0 Å². The molecule has 0 saturated carbocycles. The number of hydrogen-bond donors (Lipinski definition) is 0. The molecule has 1 aromatic carbocycles. The molecule has 15 heavy (non-hydrogen) atoms. The maximum absolute atomic E-state index is 10.9. The monoisotopic (exact) mass is 270 g/mol. The third-order valence-corrected chi connectivity index (χ3v) is 2.79. The molecule has 0 aliphatic rings. The summed E-state index contributed by atoms with van der Waals surface area (Å²) in [7, 11) is 0. The SMILES string of the molecule is CCC(=O)OCCc1ccccc1CBr. The number of halogens is 1. The zero-order valence-corrected chi connectivity index (χ0v) is 10.4. The van der Waals surface area contributed by atoms with E-state index in [0.29, 0.717) is 13.0 Å². The van der Waals surface area contributed by atoms with Gasteiger partial charge < -0.3 is 4.74 Å². The molecule has 82 valence electrons. The van der Waals surface area contributed by atoms with Gasteiger partial charge in [-0.1, -0.05) is 47.1 Å². The number of hydrogen-bond acceptors (Lipinski definition) is 2. The van der Waals surface area contributed by atoms with Gasteiger partial charge in [0.15, 0.2) is 0 Å². The van der Waals surface area contributed by atoms with Crippen LogP contribution in [0.25, 0.3) is 0 Å². The summed E-state index contributed by atoms with van der Waals surface area (Å²) in [6.07, 6.45) is 1.23. The van der Waals surface area contributed by atoms with E-state index in [1.165, 1.54) is 11.1 Å². The Kier molecular flexibility index (Phi) is 5.40. The number of ether oxygens (including phenoxy) is 1. The van der Waals surface area contributed by atoms with Crippen LogP contribution >= 0.6 is 15.9 Å². The molecule has 1 aromatic rings. The predicted octanol–water partition coefficient (Wildman–Crippen LogP) is 3.08. The minimum atomic E-state index is -0.133. The Labute approximate surface area is 98.8 Å². The topological polar surface area (TPSA) is 26.3 Å². The van der Waals surface area contributed by atoms with Crippen LogP contribution in [0.5, 0.6) is 0 Å². The smallest absolute Gasteiger partial charge is 0.305 e. The standard InChI is InChI=1S/C12H15BrO2/c1-2-12(14)15-8-7-10-5-3-4-6-11(10)9-13/h3-6H,2,7-9H2,1H3. The van der Waals surface area contributed by atoms with Crippen LogP contribution in [-0.4, -0.2) is 12.6 Å². The zero-order chi connectivity index (χ0) is 11.1. The number of carbonyl (C=O) groups excluding carboxylic acids is 1. The average Bonchev–Trinajstić information content (AvgIpc) is 2.29. The molecule has 0 atom stereocenters. The maximum atomic E-state index is 10.9. The van der Waals surface area contributed by atoms with Crippen molar-refractivity contribution in [2.24, 2.45) is 0 Å². The Morgan fingerprint density at radius 2 is 2.00 bits per heavy atom. The lowest BCUT2D eigenvalue weighted by atomic mass is 10.1. The number of alkyl halides is 1. The van der Waals surface area contributed by atoms with Gasteiger partial charge in [0.2, 0.25) is 0 Å². The molecule has 0 amide bonds. The first-order chi connectivity index (χ1) is 7.27. The summed E-state index contributed by atoms with van der Waals surface area (Å²) in [6.45, 7) is 2.27. The Bertz CT molecular complexity index is 323. The van der Waals surface area contributed by atoms with Crippen molar-refractivity contribution in [2.75, 3.05) is 6.61 Å². The van der Waals surface area contributed by atoms with Crippen LogP contribution in [0.2, 0.25) is 0 Å². The second-order valence-electron chi connectivity index (χ2n) is 3.23. The lowest BCUT2D eigenvalue weighted by Crippen LogP contribution is -2.06. The first kappa shape index (κ1) is 12.2. The van der Waals surface area contributed by atoms with Crippen molar-refractivity contribution in [3.8, 4) is 0 Å². The fraction of sp³-hybridized carbons (Fsp3) is 0.417. The quantitative estimate of drug-likeness (QED) is 0.607. The average molecular weight is 271 g/mol. The molecule has 0 spiro atoms. The van der Waals surface area contributed by atoms with Gasteiger partial charge in [-0.2, -0.15) is 0 Å². The molecular formula is C12H15BrO2. The highest BCUT2D eigenvalue weighted by molar-refractivity contribution is 9.08. The number of esters is 1. The van der Waals surface area contributed by atoms with Gasteiger partial charge in [0.1, 0.15) is 0 Å². The molecular weight excluding hydrogens is 256 g/mol. The van der Waals surface area contributed by atoms with E-state index in [0.717, 1.165) is 11.8 Å². The van der Waals surface area contributed by atoms with E-state index < -0.39 is 0 Å². The fourth-order valence-corrected chi connectivity index (χ4v) is 1.86. The summed E-state index contributed by atoms with van der Waals surface area (Å²) in [6, 6.07) is 8.16. The molecule has 0 aliphatic heterocycles. The first-order valence-electron chi connectivity index (χ1n) is 5.06. The third kappa shape index (κ3) is 4.04. The molecule has 3 heteroatoms. The Morgan fingerprint density at radius 1 is 1.33 bits per heavy atom. The van der Waals surface area contributed by atoms with Gasteiger partial charge in [-0.05, 0) is 11.1 Å². The minimum Gasteiger partial charge on any atom is -0.465 e. The summed E-state index contributed by atoms with van der Waals surface area (Å²) < 4.78 is 5.04. The van der Waals surface area contributed by atoms with E-state index in [1.54, 1.807) is 6.92 Å². The van der Waals surface area contributed by atoms with Gasteiger partial charge in [-0.25, -0.2) is 0 Å². The van der Waals surface area contributed by atoms with E-state index in [-0.39, 0.29) is 5.97 Å². The molecule has 0 radical (unpaired) electrons. The number of benzene rings is 1. The zero-order valence-electron chi connectivity index (χ0n) is 8.83. The Morgan fingerprint density at radius 3 is 2.60 bits per heavy atom. The largest absolute Gasteiger partial charge is 0.465 e. The normalized spacial score (nSPS) is 10.0. The summed E-state index contributed by atoms with van der Waals surface area (Å²) in [5, 5.41) is 0.838. The molecule has 0 bridgehead atoms. The molecule has 0 saturated heterocycles. The van der Waals surface area contributed by atoms with Gasteiger partial charge >= 0.3 is 5.97 Å². The molecule has 0 heterocycles. The highest BCUT2D eigenvalue weighted by Crippen LogP contribution is 2.13. The molecule has 2 nitrogen and oxygen atoms in total. The molecule has 0 N–H and O–H groups in total. The van der Waals surface area contributed by atoms with Crippen LogP contribution in [0.3, 0.4) is 0 Å². The highest BCUT2D eigenvalue weighted by atomic mass is 79.9. The van der Waals surface area contributed by atoms with Crippen LogP contribution in [0.1, 0.15) is 24.5 Å². The summed E-state index contributed by atoms with van der Waals surface area (Å²) in [5.74, 6) is -0.133. The Hall–Kier alpha value is -0.830. The molecule has 0 aliphatic carbocycles. The second-order valence-corrected chi connectivity index (χ2v) is 3.79. The first-order valence-corrected chi connectivity index (χ1v) is 6.18. The van der Waals surface area contributed by atoms with Crippen LogP contribution in [0.15, 0.2) is 24.3 Å². The lowest BCUT2D eigenvalue weighted by molar-refractivity contribution is -0.143. The fourth-order valence-electron chi connectivity index (χ4n) is 1.31. The molecule has 1 rings (SSSR count). The third-order valence-electron chi connectivity index (χ3n) is 2.19. The summed E-state index contributed by atoms with van der Waals surface area (Å²) >= 11 is 3.44. The maximum Gasteiger partial charge on any atom is 0.305 e. The number of carbonyl (C=O) groups is 1. The van der Waals surface area contributed by atoms with E-state index in [2.05, 4.69) is 28.1 Å². The van der Waals surface area contributed by atoms with Crippen molar-refractivity contribution in [1.29, 1.82) is 0 Å². The van der Waals surface area contributed by atoms with Gasteiger partial charge in [-0.15, -0.1) is 0 Å². The van der Waals surface area contributed by atoms with Gasteiger partial charge in [-0.3, -0.25) is 4.79 Å². The number of rotatable bonds is 5. The van der Waals surface area contributed by atoms with Gasteiger partial charge in [0.05, 0.1) is 6.61 Å². The molecule has 0 unspecified atom stereocenters. The van der Waals surface area contributed by atoms with Crippen molar-refractivity contribution in [2.45, 2.75) is 25.1 Å². The highest BCUT2D eigenvalue weighted by Gasteiger charge is 2.02. The molecule has 0 aromatic heterocycles. The van der Waals surface area contributed by atoms with Crippen molar-refractivity contribution < 1.29 is 9.53 Å². The predicted molar refractivity (Wildman–Crippen MR) is 64.0 cm³/mol. The van der Waals surface area contributed by atoms with E-state index in [1.807, 2.05) is 12.1 Å². The van der Waals surface area contributed by atoms with Gasteiger partial charge in [0.25, 0.3) is 0 Å². The van der Waals surface area contributed by atoms with E-state index in [9.17, 15) is 4.79 Å². The van der Waals surface area contributed by atoms with E-state index in [4.69, 9.17) is 4.74 Å². The van der Waals surface area contributed by atoms with Crippen molar-refractivity contribution in [3.63, 3.8) is 0 Å². The van der Waals surface area contributed by atoms with E-state index >= 15 is 0 Å².